The van der Waals surface area contributed by atoms with Crippen molar-refractivity contribution in [3.05, 3.63) is 48.3 Å². The highest BCUT2D eigenvalue weighted by molar-refractivity contribution is 5.32. The van der Waals surface area contributed by atoms with Crippen molar-refractivity contribution in [2.75, 3.05) is 12.4 Å². The molecule has 1 aromatic heterocycles. The molecule has 0 atom stereocenters. The molecule has 16 heavy (non-hydrogen) atoms. The van der Waals surface area contributed by atoms with Gasteiger partial charge in [0.15, 0.2) is 0 Å². The summed E-state index contributed by atoms with van der Waals surface area (Å²) in [4.78, 5) is 8.17. The van der Waals surface area contributed by atoms with Crippen molar-refractivity contribution in [3.8, 4) is 5.75 Å². The Labute approximate surface area is 94.3 Å². The van der Waals surface area contributed by atoms with Crippen LogP contribution in [-0.4, -0.2) is 17.1 Å². The van der Waals surface area contributed by atoms with Crippen LogP contribution in [-0.2, 0) is 6.54 Å². The van der Waals surface area contributed by atoms with Gasteiger partial charge in [0.25, 0.3) is 0 Å². The van der Waals surface area contributed by atoms with Crippen molar-refractivity contribution in [3.63, 3.8) is 0 Å². The van der Waals surface area contributed by atoms with Crippen molar-refractivity contribution in [2.45, 2.75) is 6.54 Å². The Morgan fingerprint density at radius 3 is 2.75 bits per heavy atom. The maximum atomic E-state index is 5.15. The lowest BCUT2D eigenvalue weighted by molar-refractivity contribution is 0.414. The topological polar surface area (TPSA) is 47.0 Å². The van der Waals surface area contributed by atoms with E-state index in [0.29, 0.717) is 12.5 Å². The van der Waals surface area contributed by atoms with Crippen molar-refractivity contribution in [1.29, 1.82) is 0 Å². The van der Waals surface area contributed by atoms with Gasteiger partial charge >= 0.3 is 0 Å². The van der Waals surface area contributed by atoms with Crippen LogP contribution < -0.4 is 10.1 Å². The highest BCUT2D eigenvalue weighted by atomic mass is 16.5. The van der Waals surface area contributed by atoms with Crippen LogP contribution in [0.1, 0.15) is 5.56 Å². The molecule has 0 radical (unpaired) electrons. The normalized spacial score (nSPS) is 9.81. The molecule has 4 nitrogen and oxygen atoms in total. The third-order valence-corrected chi connectivity index (χ3v) is 2.15. The van der Waals surface area contributed by atoms with Crippen molar-refractivity contribution in [1.82, 2.24) is 9.97 Å². The summed E-state index contributed by atoms with van der Waals surface area (Å²) in [5.41, 5.74) is 1.13. The summed E-state index contributed by atoms with van der Waals surface area (Å²) in [6, 6.07) is 9.68. The number of benzene rings is 1. The first-order valence-corrected chi connectivity index (χ1v) is 5.02. The largest absolute Gasteiger partial charge is 0.497 e. The second-order valence-electron chi connectivity index (χ2n) is 3.28. The van der Waals surface area contributed by atoms with Gasteiger partial charge in [-0.1, -0.05) is 12.1 Å². The first-order valence-electron chi connectivity index (χ1n) is 5.02. The van der Waals surface area contributed by atoms with Gasteiger partial charge < -0.3 is 10.1 Å². The minimum Gasteiger partial charge on any atom is -0.497 e. The zero-order chi connectivity index (χ0) is 11.2. The van der Waals surface area contributed by atoms with Gasteiger partial charge in [0.05, 0.1) is 7.11 Å². The first-order chi connectivity index (χ1) is 7.88. The van der Waals surface area contributed by atoms with Crippen LogP contribution in [0.3, 0.4) is 0 Å². The number of methoxy groups -OCH3 is 1. The van der Waals surface area contributed by atoms with E-state index >= 15 is 0 Å². The van der Waals surface area contributed by atoms with E-state index in [1.807, 2.05) is 24.3 Å². The molecule has 0 unspecified atom stereocenters. The molecule has 0 aliphatic heterocycles. The lowest BCUT2D eigenvalue weighted by atomic mass is 10.2. The average molecular weight is 215 g/mol. The molecule has 0 bridgehead atoms. The van der Waals surface area contributed by atoms with Crippen LogP contribution in [0, 0.1) is 0 Å². The Morgan fingerprint density at radius 2 is 2.00 bits per heavy atom. The lowest BCUT2D eigenvalue weighted by Crippen LogP contribution is -2.02. The maximum Gasteiger partial charge on any atom is 0.222 e. The van der Waals surface area contributed by atoms with Gasteiger partial charge in [-0.05, 0) is 23.8 Å². The second kappa shape index (κ2) is 5.11. The number of nitrogens with one attached hydrogen (secondary N) is 1. The van der Waals surface area contributed by atoms with Crippen molar-refractivity contribution < 1.29 is 4.74 Å². The number of aromatic nitrogens is 2. The number of hydrogen-bond acceptors (Lipinski definition) is 4. The van der Waals surface area contributed by atoms with Gasteiger partial charge in [-0.2, -0.15) is 0 Å². The van der Waals surface area contributed by atoms with E-state index in [4.69, 9.17) is 4.74 Å². The number of ether oxygens (including phenoxy) is 1. The Morgan fingerprint density at radius 1 is 1.19 bits per heavy atom. The molecule has 0 saturated carbocycles. The molecule has 0 amide bonds. The summed E-state index contributed by atoms with van der Waals surface area (Å²) in [5.74, 6) is 1.48. The predicted molar refractivity (Wildman–Crippen MR) is 62.4 cm³/mol. The third-order valence-electron chi connectivity index (χ3n) is 2.15. The Bertz CT molecular complexity index is 445. The van der Waals surface area contributed by atoms with Gasteiger partial charge in [-0.15, -0.1) is 0 Å². The summed E-state index contributed by atoms with van der Waals surface area (Å²) in [5, 5.41) is 3.13. The van der Waals surface area contributed by atoms with Crippen LogP contribution in [0.4, 0.5) is 5.95 Å². The molecule has 0 saturated heterocycles. The molecule has 1 heterocycles. The Kier molecular flexibility index (Phi) is 3.33. The average Bonchev–Trinajstić information content (AvgIpc) is 2.38. The molecule has 2 rings (SSSR count). The van der Waals surface area contributed by atoms with Gasteiger partial charge in [0.2, 0.25) is 5.95 Å². The minimum absolute atomic E-state index is 0.630. The smallest absolute Gasteiger partial charge is 0.222 e. The molecular weight excluding hydrogens is 202 g/mol. The Balaban J connectivity index is 1.99. The van der Waals surface area contributed by atoms with Crippen LogP contribution >= 0.6 is 0 Å². The van der Waals surface area contributed by atoms with Gasteiger partial charge in [-0.25, -0.2) is 9.97 Å². The summed E-state index contributed by atoms with van der Waals surface area (Å²) in [6.45, 7) is 0.682. The summed E-state index contributed by atoms with van der Waals surface area (Å²) >= 11 is 0. The summed E-state index contributed by atoms with van der Waals surface area (Å²) < 4.78 is 5.15. The van der Waals surface area contributed by atoms with Crippen molar-refractivity contribution >= 4 is 5.95 Å². The quantitative estimate of drug-likeness (QED) is 0.848. The molecular formula is C12H13N3O. The number of hydrogen-bond donors (Lipinski definition) is 1. The molecule has 0 aliphatic carbocycles. The zero-order valence-electron chi connectivity index (χ0n) is 9.05. The highest BCUT2D eigenvalue weighted by Crippen LogP contribution is 2.13. The van der Waals surface area contributed by atoms with E-state index in [-0.39, 0.29) is 0 Å². The fourth-order valence-electron chi connectivity index (χ4n) is 1.35. The monoisotopic (exact) mass is 215 g/mol. The molecule has 82 valence electrons. The van der Waals surface area contributed by atoms with Crippen LogP contribution in [0.25, 0.3) is 0 Å². The van der Waals surface area contributed by atoms with E-state index in [2.05, 4.69) is 15.3 Å². The molecule has 0 spiro atoms. The van der Waals surface area contributed by atoms with Crippen molar-refractivity contribution in [2.24, 2.45) is 0 Å². The molecule has 0 fully saturated rings. The van der Waals surface area contributed by atoms with E-state index in [1.165, 1.54) is 0 Å². The number of rotatable bonds is 4. The molecule has 1 aromatic carbocycles. The Hall–Kier alpha value is -2.10. The van der Waals surface area contributed by atoms with Gasteiger partial charge in [0.1, 0.15) is 5.75 Å². The van der Waals surface area contributed by atoms with E-state index in [0.717, 1.165) is 11.3 Å². The zero-order valence-corrected chi connectivity index (χ0v) is 9.05. The number of nitrogens with zero attached hydrogens (tertiary/aromatic N) is 2. The van der Waals surface area contributed by atoms with Crippen LogP contribution in [0.2, 0.25) is 0 Å². The number of anilines is 1. The molecule has 1 N–H and O–H groups in total. The van der Waals surface area contributed by atoms with Crippen LogP contribution in [0.15, 0.2) is 42.7 Å². The summed E-state index contributed by atoms with van der Waals surface area (Å²) in [6.07, 6.45) is 3.42. The maximum absolute atomic E-state index is 5.15. The SMILES string of the molecule is COc1cccc(CNc2ncccn2)c1. The third kappa shape index (κ3) is 2.70. The first kappa shape index (κ1) is 10.4. The summed E-state index contributed by atoms with van der Waals surface area (Å²) in [7, 11) is 1.66. The fraction of sp³-hybridized carbons (Fsp3) is 0.167. The second-order valence-corrected chi connectivity index (χ2v) is 3.28. The molecule has 4 heteroatoms. The molecule has 2 aromatic rings. The van der Waals surface area contributed by atoms with E-state index in [1.54, 1.807) is 25.6 Å². The highest BCUT2D eigenvalue weighted by Gasteiger charge is 1.97. The minimum atomic E-state index is 0.630. The van der Waals surface area contributed by atoms with Crippen LogP contribution in [0.5, 0.6) is 5.75 Å². The lowest BCUT2D eigenvalue weighted by Gasteiger charge is -2.05. The van der Waals surface area contributed by atoms with Gasteiger partial charge in [-0.3, -0.25) is 0 Å². The van der Waals surface area contributed by atoms with E-state index in [9.17, 15) is 0 Å². The van der Waals surface area contributed by atoms with Gasteiger partial charge in [0, 0.05) is 18.9 Å². The fourth-order valence-corrected chi connectivity index (χ4v) is 1.35. The van der Waals surface area contributed by atoms with E-state index < -0.39 is 0 Å². The standard InChI is InChI=1S/C12H13N3O/c1-16-11-5-2-4-10(8-11)9-15-12-13-6-3-7-14-12/h2-8H,9H2,1H3,(H,13,14,15). The molecule has 0 aliphatic rings. The predicted octanol–water partition coefficient (Wildman–Crippen LogP) is 2.10.